The normalized spacial score (nSPS) is 10.1. The van der Waals surface area contributed by atoms with Gasteiger partial charge in [0.15, 0.2) is 0 Å². The Labute approximate surface area is 126 Å². The van der Waals surface area contributed by atoms with Crippen LogP contribution in [-0.2, 0) is 6.42 Å². The number of rotatable bonds is 6. The largest absolute Gasteiger partial charge is 0.496 e. The van der Waals surface area contributed by atoms with Gasteiger partial charge in [0.25, 0.3) is 5.91 Å². The highest BCUT2D eigenvalue weighted by Gasteiger charge is 2.09. The second-order valence-electron chi connectivity index (χ2n) is 4.36. The van der Waals surface area contributed by atoms with Crippen molar-refractivity contribution in [1.82, 2.24) is 5.32 Å². The molecule has 0 saturated carbocycles. The summed E-state index contributed by atoms with van der Waals surface area (Å²) in [5, 5.41) is 13.5. The molecule has 1 aromatic heterocycles. The van der Waals surface area contributed by atoms with Gasteiger partial charge in [-0.2, -0.15) is 0 Å². The molecule has 1 amide bonds. The van der Waals surface area contributed by atoms with Crippen molar-refractivity contribution in [2.45, 2.75) is 6.42 Å². The van der Waals surface area contributed by atoms with E-state index < -0.39 is 5.97 Å². The van der Waals surface area contributed by atoms with Gasteiger partial charge >= 0.3 is 5.97 Å². The number of nitrogens with one attached hydrogen (secondary N) is 1. The fourth-order valence-electron chi connectivity index (χ4n) is 1.81. The lowest BCUT2D eigenvalue weighted by atomic mass is 10.1. The number of methoxy groups -OCH3 is 1. The molecule has 0 bridgehead atoms. The maximum absolute atomic E-state index is 11.9. The van der Waals surface area contributed by atoms with Crippen LogP contribution in [0.4, 0.5) is 0 Å². The van der Waals surface area contributed by atoms with E-state index in [9.17, 15) is 9.59 Å². The van der Waals surface area contributed by atoms with Crippen molar-refractivity contribution in [3.63, 3.8) is 0 Å². The van der Waals surface area contributed by atoms with E-state index in [0.717, 1.165) is 5.56 Å². The van der Waals surface area contributed by atoms with E-state index in [0.29, 0.717) is 23.6 Å². The molecule has 1 heterocycles. The molecule has 1 aromatic carbocycles. The Kier molecular flexibility index (Phi) is 4.94. The van der Waals surface area contributed by atoms with E-state index in [1.807, 2.05) is 6.07 Å². The molecule has 0 fully saturated rings. The number of carbonyl (C=O) groups excluding carboxylic acids is 1. The third kappa shape index (κ3) is 4.06. The third-order valence-electron chi connectivity index (χ3n) is 2.91. The Morgan fingerprint density at radius 1 is 1.33 bits per heavy atom. The predicted octanol–water partition coefficient (Wildman–Crippen LogP) is 2.43. The van der Waals surface area contributed by atoms with Crippen molar-refractivity contribution in [3.8, 4) is 5.75 Å². The van der Waals surface area contributed by atoms with Gasteiger partial charge in [-0.05, 0) is 24.1 Å². The van der Waals surface area contributed by atoms with Gasteiger partial charge in [-0.1, -0.05) is 12.1 Å². The Hall–Kier alpha value is -2.34. The number of ether oxygens (including phenoxy) is 1. The predicted molar refractivity (Wildman–Crippen MR) is 80.3 cm³/mol. The number of carboxylic acid groups (broad SMARTS) is 1. The van der Waals surface area contributed by atoms with Gasteiger partial charge < -0.3 is 15.2 Å². The first kappa shape index (κ1) is 15.1. The summed E-state index contributed by atoms with van der Waals surface area (Å²) in [6.45, 7) is 0.447. The Bertz CT molecular complexity index is 651. The minimum atomic E-state index is -0.952. The Morgan fingerprint density at radius 3 is 2.81 bits per heavy atom. The van der Waals surface area contributed by atoms with Gasteiger partial charge in [0.1, 0.15) is 5.75 Å². The second-order valence-corrected chi connectivity index (χ2v) is 5.27. The van der Waals surface area contributed by atoms with Gasteiger partial charge in [0.2, 0.25) is 0 Å². The SMILES string of the molecule is COc1csc(C(=O)NCCc2cccc(C(=O)O)c2)c1. The summed E-state index contributed by atoms with van der Waals surface area (Å²) in [5.41, 5.74) is 1.13. The molecule has 2 N–H and O–H groups in total. The zero-order chi connectivity index (χ0) is 15.2. The van der Waals surface area contributed by atoms with Crippen LogP contribution in [0.2, 0.25) is 0 Å². The lowest BCUT2D eigenvalue weighted by Gasteiger charge is -2.05. The molecule has 0 aliphatic heterocycles. The van der Waals surface area contributed by atoms with Crippen LogP contribution < -0.4 is 10.1 Å². The van der Waals surface area contributed by atoms with Gasteiger partial charge in [-0.3, -0.25) is 4.79 Å². The van der Waals surface area contributed by atoms with Crippen LogP contribution in [0.1, 0.15) is 25.6 Å². The molecule has 6 heteroatoms. The molecule has 21 heavy (non-hydrogen) atoms. The topological polar surface area (TPSA) is 75.6 Å². The molecule has 0 atom stereocenters. The highest BCUT2D eigenvalue weighted by molar-refractivity contribution is 7.12. The van der Waals surface area contributed by atoms with Crippen LogP contribution in [0.15, 0.2) is 35.7 Å². The van der Waals surface area contributed by atoms with Gasteiger partial charge in [-0.15, -0.1) is 11.3 Å². The first-order chi connectivity index (χ1) is 10.1. The molecule has 0 spiro atoms. The average Bonchev–Trinajstić information content (AvgIpc) is 2.96. The maximum Gasteiger partial charge on any atom is 0.335 e. The van der Waals surface area contributed by atoms with E-state index in [2.05, 4.69) is 5.32 Å². The highest BCUT2D eigenvalue weighted by Crippen LogP contribution is 2.20. The van der Waals surface area contributed by atoms with Crippen LogP contribution >= 0.6 is 11.3 Å². The molecule has 0 unspecified atom stereocenters. The zero-order valence-corrected chi connectivity index (χ0v) is 12.3. The smallest absolute Gasteiger partial charge is 0.335 e. The first-order valence-corrected chi connectivity index (χ1v) is 7.21. The minimum absolute atomic E-state index is 0.155. The quantitative estimate of drug-likeness (QED) is 0.859. The average molecular weight is 305 g/mol. The number of thiophene rings is 1. The summed E-state index contributed by atoms with van der Waals surface area (Å²) in [6, 6.07) is 8.38. The van der Waals surface area contributed by atoms with E-state index in [4.69, 9.17) is 9.84 Å². The van der Waals surface area contributed by atoms with Crippen molar-refractivity contribution < 1.29 is 19.4 Å². The van der Waals surface area contributed by atoms with Crippen molar-refractivity contribution in [1.29, 1.82) is 0 Å². The number of carbonyl (C=O) groups is 2. The van der Waals surface area contributed by atoms with E-state index in [-0.39, 0.29) is 11.5 Å². The van der Waals surface area contributed by atoms with Crippen LogP contribution in [0.5, 0.6) is 5.75 Å². The van der Waals surface area contributed by atoms with Gasteiger partial charge in [0, 0.05) is 18.0 Å². The number of hydrogen-bond acceptors (Lipinski definition) is 4. The minimum Gasteiger partial charge on any atom is -0.496 e. The van der Waals surface area contributed by atoms with Crippen molar-refractivity contribution in [3.05, 3.63) is 51.7 Å². The summed E-state index contributed by atoms with van der Waals surface area (Å²) in [4.78, 5) is 23.3. The molecular formula is C15H15NO4S. The van der Waals surface area contributed by atoms with Gasteiger partial charge in [0.05, 0.1) is 17.6 Å². The zero-order valence-electron chi connectivity index (χ0n) is 11.5. The number of benzene rings is 1. The molecule has 0 aliphatic rings. The summed E-state index contributed by atoms with van der Waals surface area (Å²) in [7, 11) is 1.55. The third-order valence-corrected chi connectivity index (χ3v) is 3.82. The fraction of sp³-hybridized carbons (Fsp3) is 0.200. The van der Waals surface area contributed by atoms with E-state index in [1.54, 1.807) is 36.8 Å². The van der Waals surface area contributed by atoms with E-state index >= 15 is 0 Å². The van der Waals surface area contributed by atoms with Crippen molar-refractivity contribution in [2.75, 3.05) is 13.7 Å². The summed E-state index contributed by atoms with van der Waals surface area (Å²) in [5.74, 6) is -0.441. The molecule has 0 aliphatic carbocycles. The molecule has 2 rings (SSSR count). The molecule has 0 radical (unpaired) electrons. The van der Waals surface area contributed by atoms with Crippen LogP contribution in [0, 0.1) is 0 Å². The van der Waals surface area contributed by atoms with Gasteiger partial charge in [-0.25, -0.2) is 4.79 Å². The Morgan fingerprint density at radius 2 is 2.14 bits per heavy atom. The van der Waals surface area contributed by atoms with Crippen molar-refractivity contribution >= 4 is 23.2 Å². The second kappa shape index (κ2) is 6.90. The monoisotopic (exact) mass is 305 g/mol. The van der Waals surface area contributed by atoms with Crippen LogP contribution in [0.25, 0.3) is 0 Å². The summed E-state index contributed by atoms with van der Waals surface area (Å²) >= 11 is 1.32. The molecule has 0 saturated heterocycles. The molecular weight excluding hydrogens is 290 g/mol. The number of amides is 1. The molecule has 5 nitrogen and oxygen atoms in total. The number of hydrogen-bond donors (Lipinski definition) is 2. The summed E-state index contributed by atoms with van der Waals surface area (Å²) < 4.78 is 5.03. The summed E-state index contributed by atoms with van der Waals surface area (Å²) in [6.07, 6.45) is 0.579. The first-order valence-electron chi connectivity index (χ1n) is 6.33. The fourth-order valence-corrected chi connectivity index (χ4v) is 2.58. The highest BCUT2D eigenvalue weighted by atomic mass is 32.1. The molecule has 2 aromatic rings. The van der Waals surface area contributed by atoms with Crippen molar-refractivity contribution in [2.24, 2.45) is 0 Å². The van der Waals surface area contributed by atoms with Crippen LogP contribution in [0.3, 0.4) is 0 Å². The van der Waals surface area contributed by atoms with Crippen LogP contribution in [-0.4, -0.2) is 30.6 Å². The maximum atomic E-state index is 11.9. The van der Waals surface area contributed by atoms with E-state index in [1.165, 1.54) is 11.3 Å². The Balaban J connectivity index is 1.87. The lowest BCUT2D eigenvalue weighted by Crippen LogP contribution is -2.24. The molecule has 110 valence electrons. The number of carboxylic acids is 1. The number of aromatic carboxylic acids is 1. The lowest BCUT2D eigenvalue weighted by molar-refractivity contribution is 0.0696. The standard InChI is InChI=1S/C15H15NO4S/c1-20-12-8-13(21-9-12)14(17)16-6-5-10-3-2-4-11(7-10)15(18)19/h2-4,7-9H,5-6H2,1H3,(H,16,17)(H,18,19).